The lowest BCUT2D eigenvalue weighted by molar-refractivity contribution is 0.0940. The first kappa shape index (κ1) is 17.9. The molecular formula is C19H24N2O3. The molecule has 1 N–H and O–H groups in total. The lowest BCUT2D eigenvalue weighted by Gasteiger charge is -2.07. The van der Waals surface area contributed by atoms with E-state index in [2.05, 4.69) is 17.2 Å². The molecule has 0 saturated carbocycles. The molecule has 1 aromatic heterocycles. The van der Waals surface area contributed by atoms with Crippen molar-refractivity contribution in [3.8, 4) is 11.6 Å². The number of unbranched alkanes of at least 4 members (excludes halogenated alkanes) is 1. The minimum absolute atomic E-state index is 0.137. The molecule has 0 saturated heterocycles. The SMILES string of the molecule is CCCCOCCCNC(=O)c1ccc(Oc2ccccc2)nc1. The maximum Gasteiger partial charge on any atom is 0.252 e. The van der Waals surface area contributed by atoms with Gasteiger partial charge in [0.1, 0.15) is 5.75 Å². The Balaban J connectivity index is 1.71. The summed E-state index contributed by atoms with van der Waals surface area (Å²) in [6.45, 7) is 4.18. The van der Waals surface area contributed by atoms with Crippen LogP contribution in [-0.4, -0.2) is 30.6 Å². The molecule has 0 aliphatic carbocycles. The summed E-state index contributed by atoms with van der Waals surface area (Å²) in [6.07, 6.45) is 4.53. The second-order valence-electron chi connectivity index (χ2n) is 5.38. The number of benzene rings is 1. The number of carbonyl (C=O) groups excluding carboxylic acids is 1. The Hall–Kier alpha value is -2.40. The lowest BCUT2D eigenvalue weighted by atomic mass is 10.2. The summed E-state index contributed by atoms with van der Waals surface area (Å²) in [4.78, 5) is 16.2. The Morgan fingerprint density at radius 2 is 1.88 bits per heavy atom. The zero-order chi connectivity index (χ0) is 17.0. The number of amides is 1. The van der Waals surface area contributed by atoms with Crippen LogP contribution in [-0.2, 0) is 4.74 Å². The van der Waals surface area contributed by atoms with Gasteiger partial charge in [-0.2, -0.15) is 0 Å². The van der Waals surface area contributed by atoms with Crippen LogP contribution < -0.4 is 10.1 Å². The third-order valence-electron chi connectivity index (χ3n) is 3.36. The maximum atomic E-state index is 12.0. The predicted molar refractivity (Wildman–Crippen MR) is 93.4 cm³/mol. The van der Waals surface area contributed by atoms with E-state index in [-0.39, 0.29) is 5.91 Å². The predicted octanol–water partition coefficient (Wildman–Crippen LogP) is 3.81. The summed E-state index contributed by atoms with van der Waals surface area (Å²) < 4.78 is 11.1. The molecule has 0 radical (unpaired) electrons. The van der Waals surface area contributed by atoms with E-state index in [1.165, 1.54) is 6.20 Å². The number of para-hydroxylation sites is 1. The number of hydrogen-bond donors (Lipinski definition) is 1. The van der Waals surface area contributed by atoms with Crippen molar-refractivity contribution in [3.63, 3.8) is 0 Å². The average molecular weight is 328 g/mol. The molecule has 1 amide bonds. The van der Waals surface area contributed by atoms with E-state index in [1.54, 1.807) is 12.1 Å². The first-order chi connectivity index (χ1) is 11.8. The van der Waals surface area contributed by atoms with Crippen LogP contribution in [0.3, 0.4) is 0 Å². The molecule has 0 aliphatic rings. The van der Waals surface area contributed by atoms with E-state index >= 15 is 0 Å². The van der Waals surface area contributed by atoms with Crippen LogP contribution in [0.4, 0.5) is 0 Å². The number of pyridine rings is 1. The maximum absolute atomic E-state index is 12.0. The van der Waals surface area contributed by atoms with Crippen molar-refractivity contribution < 1.29 is 14.3 Å². The van der Waals surface area contributed by atoms with E-state index in [0.29, 0.717) is 30.3 Å². The monoisotopic (exact) mass is 328 g/mol. The van der Waals surface area contributed by atoms with E-state index in [0.717, 1.165) is 25.9 Å². The summed E-state index contributed by atoms with van der Waals surface area (Å²) in [6, 6.07) is 12.8. The van der Waals surface area contributed by atoms with Gasteiger partial charge in [-0.15, -0.1) is 0 Å². The van der Waals surface area contributed by atoms with Crippen LogP contribution in [0, 0.1) is 0 Å². The zero-order valence-corrected chi connectivity index (χ0v) is 14.0. The fourth-order valence-electron chi connectivity index (χ4n) is 2.01. The van der Waals surface area contributed by atoms with E-state index in [1.807, 2.05) is 30.3 Å². The Bertz CT molecular complexity index is 600. The van der Waals surface area contributed by atoms with Gasteiger partial charge in [0.15, 0.2) is 0 Å². The van der Waals surface area contributed by atoms with Crippen molar-refractivity contribution in [2.75, 3.05) is 19.8 Å². The highest BCUT2D eigenvalue weighted by molar-refractivity contribution is 5.93. The van der Waals surface area contributed by atoms with Crippen molar-refractivity contribution >= 4 is 5.91 Å². The Morgan fingerprint density at radius 1 is 1.08 bits per heavy atom. The van der Waals surface area contributed by atoms with Gasteiger partial charge in [0.25, 0.3) is 5.91 Å². The largest absolute Gasteiger partial charge is 0.439 e. The Labute approximate surface area is 143 Å². The molecule has 0 bridgehead atoms. The van der Waals surface area contributed by atoms with Gasteiger partial charge >= 0.3 is 0 Å². The molecule has 128 valence electrons. The number of rotatable bonds is 10. The number of carbonyl (C=O) groups is 1. The van der Waals surface area contributed by atoms with Crippen LogP contribution in [0.5, 0.6) is 11.6 Å². The second-order valence-corrected chi connectivity index (χ2v) is 5.38. The molecule has 0 spiro atoms. The first-order valence-corrected chi connectivity index (χ1v) is 8.34. The van der Waals surface area contributed by atoms with Crippen molar-refractivity contribution in [2.24, 2.45) is 0 Å². The van der Waals surface area contributed by atoms with E-state index < -0.39 is 0 Å². The fourth-order valence-corrected chi connectivity index (χ4v) is 2.01. The molecule has 0 unspecified atom stereocenters. The summed E-state index contributed by atoms with van der Waals surface area (Å²) in [5.41, 5.74) is 0.516. The Kier molecular flexibility index (Phi) is 7.77. The highest BCUT2D eigenvalue weighted by Crippen LogP contribution is 2.18. The van der Waals surface area contributed by atoms with Crippen LogP contribution in [0.25, 0.3) is 0 Å². The van der Waals surface area contributed by atoms with E-state index in [9.17, 15) is 4.79 Å². The van der Waals surface area contributed by atoms with Gasteiger partial charge in [0, 0.05) is 32.0 Å². The van der Waals surface area contributed by atoms with Crippen LogP contribution >= 0.6 is 0 Å². The molecule has 24 heavy (non-hydrogen) atoms. The van der Waals surface area contributed by atoms with Gasteiger partial charge in [-0.25, -0.2) is 4.98 Å². The van der Waals surface area contributed by atoms with Crippen LogP contribution in [0.15, 0.2) is 48.7 Å². The molecule has 2 rings (SSSR count). The van der Waals surface area contributed by atoms with Gasteiger partial charge in [-0.05, 0) is 31.0 Å². The molecule has 5 heteroatoms. The summed E-state index contributed by atoms with van der Waals surface area (Å²) in [7, 11) is 0. The standard InChI is InChI=1S/C19H24N2O3/c1-2-3-13-23-14-7-12-20-19(22)16-10-11-18(21-15-16)24-17-8-5-4-6-9-17/h4-6,8-11,15H,2-3,7,12-14H2,1H3,(H,20,22). The van der Waals surface area contributed by atoms with Crippen molar-refractivity contribution in [1.29, 1.82) is 0 Å². The topological polar surface area (TPSA) is 60.5 Å². The second kappa shape index (κ2) is 10.4. The van der Waals surface area contributed by atoms with Crippen LogP contribution in [0.1, 0.15) is 36.5 Å². The van der Waals surface area contributed by atoms with Crippen molar-refractivity contribution in [3.05, 3.63) is 54.2 Å². The highest BCUT2D eigenvalue weighted by atomic mass is 16.5. The van der Waals surface area contributed by atoms with Gasteiger partial charge in [-0.1, -0.05) is 31.5 Å². The zero-order valence-electron chi connectivity index (χ0n) is 14.0. The molecule has 0 atom stereocenters. The van der Waals surface area contributed by atoms with Gasteiger partial charge in [0.05, 0.1) is 5.56 Å². The highest BCUT2D eigenvalue weighted by Gasteiger charge is 2.06. The fraction of sp³-hybridized carbons (Fsp3) is 0.368. The van der Waals surface area contributed by atoms with Crippen molar-refractivity contribution in [2.45, 2.75) is 26.2 Å². The molecule has 1 aromatic carbocycles. The molecule has 5 nitrogen and oxygen atoms in total. The number of nitrogens with zero attached hydrogens (tertiary/aromatic N) is 1. The quantitative estimate of drug-likeness (QED) is 0.674. The number of nitrogens with one attached hydrogen (secondary N) is 1. The summed E-state index contributed by atoms with van der Waals surface area (Å²) >= 11 is 0. The summed E-state index contributed by atoms with van der Waals surface area (Å²) in [5.74, 6) is 1.04. The molecule has 1 heterocycles. The minimum Gasteiger partial charge on any atom is -0.439 e. The Morgan fingerprint density at radius 3 is 2.58 bits per heavy atom. The van der Waals surface area contributed by atoms with Gasteiger partial charge < -0.3 is 14.8 Å². The smallest absolute Gasteiger partial charge is 0.252 e. The minimum atomic E-state index is -0.137. The first-order valence-electron chi connectivity index (χ1n) is 8.34. The molecule has 2 aromatic rings. The molecule has 0 fully saturated rings. The number of hydrogen-bond acceptors (Lipinski definition) is 4. The van der Waals surface area contributed by atoms with Crippen LogP contribution in [0.2, 0.25) is 0 Å². The van der Waals surface area contributed by atoms with Gasteiger partial charge in [0.2, 0.25) is 5.88 Å². The average Bonchev–Trinajstić information content (AvgIpc) is 2.62. The molecule has 0 aliphatic heterocycles. The number of aromatic nitrogens is 1. The lowest BCUT2D eigenvalue weighted by Crippen LogP contribution is -2.25. The van der Waals surface area contributed by atoms with Gasteiger partial charge in [-0.3, -0.25) is 4.79 Å². The van der Waals surface area contributed by atoms with E-state index in [4.69, 9.17) is 9.47 Å². The normalized spacial score (nSPS) is 10.4. The van der Waals surface area contributed by atoms with Crippen molar-refractivity contribution in [1.82, 2.24) is 10.3 Å². The third kappa shape index (κ3) is 6.38. The molecular weight excluding hydrogens is 304 g/mol. The summed E-state index contributed by atoms with van der Waals surface area (Å²) in [5, 5.41) is 2.86. The third-order valence-corrected chi connectivity index (χ3v) is 3.36. The number of ether oxygens (including phenoxy) is 2.